The second kappa shape index (κ2) is 4.61. The SMILES string of the molecule is CCOC(=O)Nc1ccc2c(c1)N(C)S(=O)(=O)N2C. The minimum atomic E-state index is -3.50. The summed E-state index contributed by atoms with van der Waals surface area (Å²) >= 11 is 0. The van der Waals surface area contributed by atoms with Gasteiger partial charge in [-0.1, -0.05) is 0 Å². The van der Waals surface area contributed by atoms with Gasteiger partial charge in [0.15, 0.2) is 0 Å². The first-order chi connectivity index (χ1) is 8.87. The van der Waals surface area contributed by atoms with Gasteiger partial charge in [0.1, 0.15) is 0 Å². The van der Waals surface area contributed by atoms with E-state index in [1.54, 1.807) is 25.1 Å². The number of fused-ring (bicyclic) bond motifs is 1. The molecule has 7 nitrogen and oxygen atoms in total. The molecule has 0 unspecified atom stereocenters. The van der Waals surface area contributed by atoms with Gasteiger partial charge in [-0.25, -0.2) is 4.79 Å². The van der Waals surface area contributed by atoms with Crippen LogP contribution in [-0.2, 0) is 14.9 Å². The molecule has 1 N–H and O–H groups in total. The van der Waals surface area contributed by atoms with Gasteiger partial charge in [-0.15, -0.1) is 0 Å². The molecule has 1 aliphatic rings. The average Bonchev–Trinajstić information content (AvgIpc) is 2.52. The normalized spacial score (nSPS) is 16.2. The Morgan fingerprint density at radius 2 is 1.89 bits per heavy atom. The van der Waals surface area contributed by atoms with Crippen LogP contribution in [0.25, 0.3) is 0 Å². The largest absolute Gasteiger partial charge is 0.450 e. The first-order valence-corrected chi connectivity index (χ1v) is 7.08. The van der Waals surface area contributed by atoms with Crippen LogP contribution < -0.4 is 13.9 Å². The molecule has 1 amide bonds. The highest BCUT2D eigenvalue weighted by atomic mass is 32.2. The molecule has 104 valence electrons. The second-order valence-corrected chi connectivity index (χ2v) is 5.98. The molecular formula is C11H15N3O4S. The van der Waals surface area contributed by atoms with Crippen LogP contribution >= 0.6 is 0 Å². The molecule has 0 atom stereocenters. The van der Waals surface area contributed by atoms with Gasteiger partial charge in [0.05, 0.1) is 18.0 Å². The Hall–Kier alpha value is -1.96. The zero-order chi connectivity index (χ0) is 14.2. The number of nitrogens with zero attached hydrogens (tertiary/aromatic N) is 2. The molecule has 1 aromatic rings. The highest BCUT2D eigenvalue weighted by Crippen LogP contribution is 2.40. The lowest BCUT2D eigenvalue weighted by molar-refractivity contribution is 0.168. The van der Waals surface area contributed by atoms with Gasteiger partial charge in [0.25, 0.3) is 0 Å². The number of carbonyl (C=O) groups is 1. The average molecular weight is 285 g/mol. The van der Waals surface area contributed by atoms with Crippen molar-refractivity contribution in [2.24, 2.45) is 0 Å². The van der Waals surface area contributed by atoms with Crippen LogP contribution in [-0.4, -0.2) is 35.2 Å². The van der Waals surface area contributed by atoms with Crippen molar-refractivity contribution >= 4 is 33.4 Å². The van der Waals surface area contributed by atoms with Crippen molar-refractivity contribution in [1.82, 2.24) is 0 Å². The summed E-state index contributed by atoms with van der Waals surface area (Å²) in [5, 5.41) is 2.53. The molecule has 2 rings (SSSR count). The minimum Gasteiger partial charge on any atom is -0.450 e. The molecule has 0 saturated carbocycles. The van der Waals surface area contributed by atoms with Crippen LogP contribution in [0.3, 0.4) is 0 Å². The number of ether oxygens (including phenoxy) is 1. The summed E-state index contributed by atoms with van der Waals surface area (Å²) in [6.45, 7) is 1.98. The minimum absolute atomic E-state index is 0.272. The van der Waals surface area contributed by atoms with E-state index in [0.29, 0.717) is 17.1 Å². The summed E-state index contributed by atoms with van der Waals surface area (Å²) in [6.07, 6.45) is -0.570. The predicted molar refractivity (Wildman–Crippen MR) is 72.8 cm³/mol. The fourth-order valence-corrected chi connectivity index (χ4v) is 3.00. The fourth-order valence-electron chi connectivity index (χ4n) is 1.84. The van der Waals surface area contributed by atoms with Crippen molar-refractivity contribution in [3.63, 3.8) is 0 Å². The number of hydrogen-bond acceptors (Lipinski definition) is 4. The number of anilines is 3. The molecule has 1 aliphatic heterocycles. The molecule has 0 aliphatic carbocycles. The third kappa shape index (κ3) is 2.19. The number of nitrogens with one attached hydrogen (secondary N) is 1. The zero-order valence-electron chi connectivity index (χ0n) is 10.9. The maximum Gasteiger partial charge on any atom is 0.411 e. The molecule has 0 spiro atoms. The molecule has 0 saturated heterocycles. The third-order valence-electron chi connectivity index (χ3n) is 2.87. The Labute approximate surface area is 111 Å². The van der Waals surface area contributed by atoms with E-state index in [2.05, 4.69) is 5.32 Å². The predicted octanol–water partition coefficient (Wildman–Crippen LogP) is 1.39. The molecule has 0 bridgehead atoms. The summed E-state index contributed by atoms with van der Waals surface area (Å²) < 4.78 is 31.0. The van der Waals surface area contributed by atoms with Crippen LogP contribution in [0, 0.1) is 0 Å². The molecule has 19 heavy (non-hydrogen) atoms. The second-order valence-electron chi connectivity index (χ2n) is 3.99. The summed E-state index contributed by atoms with van der Waals surface area (Å²) in [7, 11) is -0.549. The molecule has 0 aromatic heterocycles. The lowest BCUT2D eigenvalue weighted by Crippen LogP contribution is -2.32. The zero-order valence-corrected chi connectivity index (χ0v) is 11.7. The van der Waals surface area contributed by atoms with E-state index in [1.165, 1.54) is 22.7 Å². The van der Waals surface area contributed by atoms with Crippen molar-refractivity contribution < 1.29 is 17.9 Å². The number of carbonyl (C=O) groups excluding carboxylic acids is 1. The fraction of sp³-hybridized carbons (Fsp3) is 0.364. The van der Waals surface area contributed by atoms with Gasteiger partial charge >= 0.3 is 16.3 Å². The summed E-state index contributed by atoms with van der Waals surface area (Å²) in [5.74, 6) is 0. The highest BCUT2D eigenvalue weighted by Gasteiger charge is 2.35. The Morgan fingerprint density at radius 1 is 1.26 bits per heavy atom. The van der Waals surface area contributed by atoms with E-state index in [1.807, 2.05) is 0 Å². The van der Waals surface area contributed by atoms with Crippen LogP contribution in [0.2, 0.25) is 0 Å². The quantitative estimate of drug-likeness (QED) is 0.890. The lowest BCUT2D eigenvalue weighted by atomic mass is 10.2. The van der Waals surface area contributed by atoms with E-state index >= 15 is 0 Å². The van der Waals surface area contributed by atoms with E-state index in [-0.39, 0.29) is 6.61 Å². The molecule has 0 radical (unpaired) electrons. The molecule has 1 aromatic carbocycles. The molecular weight excluding hydrogens is 270 g/mol. The molecule has 1 heterocycles. The van der Waals surface area contributed by atoms with Gasteiger partial charge in [-0.3, -0.25) is 13.9 Å². The standard InChI is InChI=1S/C11H15N3O4S/c1-4-18-11(15)12-8-5-6-9-10(7-8)14(3)19(16,17)13(9)2/h5-7H,4H2,1-3H3,(H,12,15). The van der Waals surface area contributed by atoms with E-state index in [4.69, 9.17) is 4.74 Å². The van der Waals surface area contributed by atoms with Crippen LogP contribution in [0.15, 0.2) is 18.2 Å². The van der Waals surface area contributed by atoms with Crippen molar-refractivity contribution in [1.29, 1.82) is 0 Å². The van der Waals surface area contributed by atoms with Crippen molar-refractivity contribution in [2.45, 2.75) is 6.92 Å². The Balaban J connectivity index is 2.32. The van der Waals surface area contributed by atoms with Gasteiger partial charge in [-0.2, -0.15) is 8.42 Å². The van der Waals surface area contributed by atoms with Crippen LogP contribution in [0.4, 0.5) is 21.9 Å². The maximum atomic E-state index is 11.9. The topological polar surface area (TPSA) is 79.0 Å². The number of benzene rings is 1. The first kappa shape index (κ1) is 13.5. The van der Waals surface area contributed by atoms with Crippen molar-refractivity contribution in [3.8, 4) is 0 Å². The molecule has 0 fully saturated rings. The number of hydrogen-bond donors (Lipinski definition) is 1. The third-order valence-corrected chi connectivity index (χ3v) is 4.65. The summed E-state index contributed by atoms with van der Waals surface area (Å²) in [4.78, 5) is 11.3. The van der Waals surface area contributed by atoms with Crippen LogP contribution in [0.1, 0.15) is 6.92 Å². The number of amides is 1. The van der Waals surface area contributed by atoms with Crippen molar-refractivity contribution in [3.05, 3.63) is 18.2 Å². The van der Waals surface area contributed by atoms with Gasteiger partial charge in [0.2, 0.25) is 0 Å². The Morgan fingerprint density at radius 3 is 2.53 bits per heavy atom. The van der Waals surface area contributed by atoms with Gasteiger partial charge in [0, 0.05) is 19.8 Å². The number of rotatable bonds is 2. The van der Waals surface area contributed by atoms with Gasteiger partial charge < -0.3 is 4.74 Å². The molecule has 8 heteroatoms. The lowest BCUT2D eigenvalue weighted by Gasteiger charge is -2.13. The first-order valence-electron chi connectivity index (χ1n) is 5.68. The maximum absolute atomic E-state index is 11.9. The Kier molecular flexibility index (Phi) is 3.27. The monoisotopic (exact) mass is 285 g/mol. The van der Waals surface area contributed by atoms with E-state index in [0.717, 1.165) is 0 Å². The van der Waals surface area contributed by atoms with Crippen LogP contribution in [0.5, 0.6) is 0 Å². The van der Waals surface area contributed by atoms with E-state index < -0.39 is 16.3 Å². The highest BCUT2D eigenvalue weighted by molar-refractivity contribution is 7.94. The summed E-state index contributed by atoms with van der Waals surface area (Å²) in [5.41, 5.74) is 1.56. The van der Waals surface area contributed by atoms with E-state index in [9.17, 15) is 13.2 Å². The Bertz CT molecular complexity index is 614. The summed E-state index contributed by atoms with van der Waals surface area (Å²) in [6, 6.07) is 4.85. The van der Waals surface area contributed by atoms with Gasteiger partial charge in [-0.05, 0) is 25.1 Å². The van der Waals surface area contributed by atoms with Crippen molar-refractivity contribution in [2.75, 3.05) is 34.6 Å². The smallest absolute Gasteiger partial charge is 0.411 e.